The van der Waals surface area contributed by atoms with Crippen LogP contribution in [0.4, 0.5) is 11.4 Å². The van der Waals surface area contributed by atoms with Gasteiger partial charge in [0.1, 0.15) is 39.6 Å². The summed E-state index contributed by atoms with van der Waals surface area (Å²) >= 11 is 0. The third-order valence-electron chi connectivity index (χ3n) is 7.71. The Balaban J connectivity index is 0.951. The van der Waals surface area contributed by atoms with Crippen molar-refractivity contribution in [2.75, 3.05) is 63.5 Å². The maximum Gasteiger partial charge on any atom is 0.340 e. The zero-order valence-electron chi connectivity index (χ0n) is 28.0. The molecule has 2 aliphatic rings. The Morgan fingerprint density at radius 3 is 1.32 bits per heavy atom. The first kappa shape index (κ1) is 36.1. The van der Waals surface area contributed by atoms with Gasteiger partial charge in [0.2, 0.25) is 11.8 Å². The molecule has 0 fully saturated rings. The molecule has 0 saturated carbocycles. The molecule has 4 aromatic carbocycles. The Hall–Kier alpha value is -6.74. The van der Waals surface area contributed by atoms with Crippen molar-refractivity contribution >= 4 is 46.7 Å². The molecule has 0 spiro atoms. The predicted octanol–water partition coefficient (Wildman–Crippen LogP) is 3.90. The van der Waals surface area contributed by atoms with Crippen molar-refractivity contribution in [1.82, 2.24) is 0 Å². The molecular weight excluding hydrogens is 692 g/mol. The van der Waals surface area contributed by atoms with Gasteiger partial charge in [-0.2, -0.15) is 0 Å². The molecule has 0 aliphatic carbocycles. The molecule has 0 radical (unpaired) electrons. The topological polar surface area (TPSA) is 191 Å². The molecule has 2 heterocycles. The van der Waals surface area contributed by atoms with Crippen molar-refractivity contribution in [3.63, 3.8) is 0 Å². The number of carbonyl (C=O) groups excluding carboxylic acids is 6. The summed E-state index contributed by atoms with van der Waals surface area (Å²) in [7, 11) is 0. The first-order chi connectivity index (χ1) is 25.7. The van der Waals surface area contributed by atoms with Gasteiger partial charge in [0.05, 0.1) is 22.5 Å². The van der Waals surface area contributed by atoms with Crippen molar-refractivity contribution in [3.05, 3.63) is 107 Å². The van der Waals surface area contributed by atoms with E-state index >= 15 is 0 Å². The van der Waals surface area contributed by atoms with Crippen LogP contribution >= 0.6 is 0 Å². The largest absolute Gasteiger partial charge is 0.486 e. The summed E-state index contributed by atoms with van der Waals surface area (Å²) in [6, 6.07) is 21.3. The molecule has 15 nitrogen and oxygen atoms in total. The van der Waals surface area contributed by atoms with Crippen molar-refractivity contribution in [2.24, 2.45) is 0 Å². The molecule has 0 aromatic heterocycles. The van der Waals surface area contributed by atoms with E-state index < -0.39 is 61.7 Å². The minimum absolute atomic E-state index is 0.00920. The van der Waals surface area contributed by atoms with E-state index in [1.165, 1.54) is 36.4 Å². The number of rotatable bonds is 14. The third-order valence-corrected chi connectivity index (χ3v) is 7.71. The van der Waals surface area contributed by atoms with Crippen LogP contribution in [-0.2, 0) is 23.8 Å². The number of esters is 2. The Morgan fingerprint density at radius 1 is 0.491 bits per heavy atom. The van der Waals surface area contributed by atoms with Crippen LogP contribution < -0.4 is 29.6 Å². The minimum Gasteiger partial charge on any atom is -0.486 e. The van der Waals surface area contributed by atoms with Gasteiger partial charge >= 0.3 is 11.9 Å². The van der Waals surface area contributed by atoms with Crippen molar-refractivity contribution in [1.29, 1.82) is 0 Å². The second-order valence-electron chi connectivity index (χ2n) is 11.4. The number of ether oxygens (including phenoxy) is 7. The molecule has 0 unspecified atom stereocenters. The number of hydrogen-bond donors (Lipinski definition) is 2. The lowest BCUT2D eigenvalue weighted by atomic mass is 10.1. The number of hydrogen-bond acceptors (Lipinski definition) is 13. The Bertz CT molecular complexity index is 1920. The highest BCUT2D eigenvalue weighted by Gasteiger charge is 2.21. The highest BCUT2D eigenvalue weighted by atomic mass is 16.6. The van der Waals surface area contributed by atoms with Crippen LogP contribution in [-0.4, -0.2) is 88.2 Å². The maximum absolute atomic E-state index is 12.8. The van der Waals surface area contributed by atoms with Crippen molar-refractivity contribution < 1.29 is 61.9 Å². The summed E-state index contributed by atoms with van der Waals surface area (Å²) in [5.41, 5.74) is 0.724. The number of carbonyl (C=O) groups is 6. The predicted molar refractivity (Wildman–Crippen MR) is 185 cm³/mol. The number of benzene rings is 4. The normalized spacial score (nSPS) is 12.5. The summed E-state index contributed by atoms with van der Waals surface area (Å²) in [4.78, 5) is 76.3. The maximum atomic E-state index is 12.8. The van der Waals surface area contributed by atoms with Crippen molar-refractivity contribution in [2.45, 2.75) is 0 Å². The van der Waals surface area contributed by atoms with Gasteiger partial charge in [-0.15, -0.1) is 0 Å². The Kier molecular flexibility index (Phi) is 11.6. The fourth-order valence-corrected chi connectivity index (χ4v) is 5.17. The highest BCUT2D eigenvalue weighted by Crippen LogP contribution is 2.32. The molecule has 15 heteroatoms. The lowest BCUT2D eigenvalue weighted by molar-refractivity contribution is -0.125. The van der Waals surface area contributed by atoms with E-state index in [-0.39, 0.29) is 33.6 Å². The van der Waals surface area contributed by atoms with Gasteiger partial charge < -0.3 is 43.8 Å². The minimum atomic E-state index is -0.850. The fraction of sp³-hybridized carbons (Fsp3) is 0.211. The van der Waals surface area contributed by atoms with Crippen LogP contribution in [0, 0.1) is 0 Å². The summed E-state index contributed by atoms with van der Waals surface area (Å²) in [5.74, 6) is -2.12. The first-order valence-corrected chi connectivity index (χ1v) is 16.3. The summed E-state index contributed by atoms with van der Waals surface area (Å²) in [5, 5.41) is 5.06. The van der Waals surface area contributed by atoms with E-state index in [0.717, 1.165) is 0 Å². The smallest absolute Gasteiger partial charge is 0.340 e. The van der Waals surface area contributed by atoms with Crippen molar-refractivity contribution in [3.8, 4) is 23.0 Å². The molecule has 2 aliphatic heterocycles. The van der Waals surface area contributed by atoms with Crippen LogP contribution in [0.5, 0.6) is 23.0 Å². The molecule has 2 amide bonds. The number of amides is 2. The molecule has 0 bridgehead atoms. The number of fused-ring (bicyclic) bond motifs is 2. The second-order valence-corrected chi connectivity index (χ2v) is 11.4. The zero-order valence-corrected chi connectivity index (χ0v) is 28.0. The zero-order chi connectivity index (χ0) is 37.2. The van der Waals surface area contributed by atoms with Crippen LogP contribution in [0.2, 0.25) is 0 Å². The summed E-state index contributed by atoms with van der Waals surface area (Å²) in [6.45, 7) is -0.730. The monoisotopic (exact) mass is 724 g/mol. The average molecular weight is 725 g/mol. The van der Waals surface area contributed by atoms with Gasteiger partial charge in [-0.25, -0.2) is 9.59 Å². The van der Waals surface area contributed by atoms with E-state index in [4.69, 9.17) is 33.2 Å². The second kappa shape index (κ2) is 17.0. The SMILES string of the molecule is O=C(COCC(=O)Nc1ccccc1C(=O)OCC(=O)c1ccc2c(c1)OCCO2)Nc1ccccc1C(=O)OCC(=O)c1ccc2c(c1)OCCO2. The Morgan fingerprint density at radius 2 is 0.887 bits per heavy atom. The number of para-hydroxylation sites is 2. The quantitative estimate of drug-likeness (QED) is 0.141. The molecule has 272 valence electrons. The van der Waals surface area contributed by atoms with Gasteiger partial charge in [-0.05, 0) is 60.7 Å². The van der Waals surface area contributed by atoms with Crippen LogP contribution in [0.3, 0.4) is 0 Å². The Labute approximate surface area is 302 Å². The summed E-state index contributed by atoms with van der Waals surface area (Å²) < 4.78 is 37.6. The average Bonchev–Trinajstić information content (AvgIpc) is 3.18. The van der Waals surface area contributed by atoms with E-state index in [1.807, 2.05) is 0 Å². The van der Waals surface area contributed by atoms with Crippen LogP contribution in [0.25, 0.3) is 0 Å². The lowest BCUT2D eigenvalue weighted by Crippen LogP contribution is -2.25. The van der Waals surface area contributed by atoms with Gasteiger partial charge in [-0.1, -0.05) is 24.3 Å². The van der Waals surface area contributed by atoms with Gasteiger partial charge in [0, 0.05) is 11.1 Å². The fourth-order valence-electron chi connectivity index (χ4n) is 5.17. The number of anilines is 2. The molecule has 4 aromatic rings. The third kappa shape index (κ3) is 9.33. The van der Waals surface area contributed by atoms with E-state index in [9.17, 15) is 28.8 Å². The van der Waals surface area contributed by atoms with Gasteiger partial charge in [0.15, 0.2) is 47.8 Å². The number of nitrogens with one attached hydrogen (secondary N) is 2. The number of Topliss-reactive ketones (excluding diaryl/α,β-unsaturated/α-hetero) is 2. The van der Waals surface area contributed by atoms with Crippen LogP contribution in [0.1, 0.15) is 41.4 Å². The van der Waals surface area contributed by atoms with E-state index in [0.29, 0.717) is 49.4 Å². The standard InChI is InChI=1S/C38H32N2O13/c41-29(23-9-11-31-33(17-23)50-15-13-48-31)19-52-37(45)25-5-1-3-7-27(25)39-35(43)21-47-22-36(44)40-28-8-4-2-6-26(28)38(46)53-20-30(42)24-10-12-32-34(18-24)51-16-14-49-32/h1-12,17-18H,13-16,19-22H2,(H,39,43)(H,40,44). The molecule has 2 N–H and O–H groups in total. The van der Waals surface area contributed by atoms with E-state index in [2.05, 4.69) is 10.6 Å². The van der Waals surface area contributed by atoms with Crippen LogP contribution in [0.15, 0.2) is 84.9 Å². The molecule has 6 rings (SSSR count). The van der Waals surface area contributed by atoms with Gasteiger partial charge in [-0.3, -0.25) is 19.2 Å². The summed E-state index contributed by atoms with van der Waals surface area (Å²) in [6.07, 6.45) is 0. The molecule has 53 heavy (non-hydrogen) atoms. The first-order valence-electron chi connectivity index (χ1n) is 16.3. The molecule has 0 atom stereocenters. The van der Waals surface area contributed by atoms with E-state index in [1.54, 1.807) is 48.5 Å². The van der Waals surface area contributed by atoms with Gasteiger partial charge in [0.25, 0.3) is 0 Å². The highest BCUT2D eigenvalue weighted by molar-refractivity contribution is 6.05. The molecule has 0 saturated heterocycles. The number of ketones is 2. The molecular formula is C38H32N2O13. The lowest BCUT2D eigenvalue weighted by Gasteiger charge is -2.18.